The van der Waals surface area contributed by atoms with Gasteiger partial charge in [-0.3, -0.25) is 0 Å². The second-order valence-electron chi connectivity index (χ2n) is 20.6. The number of fused-ring (bicyclic) bond motifs is 9. The van der Waals surface area contributed by atoms with E-state index in [0.717, 1.165) is 17.1 Å². The Bertz CT molecular complexity index is 4280. The van der Waals surface area contributed by atoms with Crippen LogP contribution in [0.2, 0.25) is 0 Å². The molecule has 0 saturated carbocycles. The van der Waals surface area contributed by atoms with E-state index in [9.17, 15) is 0 Å². The van der Waals surface area contributed by atoms with Crippen LogP contribution in [-0.2, 0) is 5.41 Å². The summed E-state index contributed by atoms with van der Waals surface area (Å²) in [6.07, 6.45) is 0. The van der Waals surface area contributed by atoms with E-state index in [1.165, 1.54) is 109 Å². The molecule has 77 heavy (non-hydrogen) atoms. The van der Waals surface area contributed by atoms with Gasteiger partial charge in [-0.15, -0.1) is 0 Å². The SMILES string of the molecule is c1ccc(-c2cccc3cccc(-c4ccc(N(c5ccc6c(c5)-c5c(ccc7ccccc57)[Si]6(c5ccccc5)c5ccccc5)c5cccc6c5-c5ccccc5C6(c5ccccc5)c5ccccc5)cc4)c23)cc1. The van der Waals surface area contributed by atoms with Crippen LogP contribution < -0.4 is 25.6 Å². The average Bonchev–Trinajstić information content (AvgIpc) is 4.05. The van der Waals surface area contributed by atoms with E-state index in [0.29, 0.717) is 0 Å². The maximum absolute atomic E-state index is 2.83. The van der Waals surface area contributed by atoms with Gasteiger partial charge in [-0.2, -0.15) is 0 Å². The third kappa shape index (κ3) is 6.72. The molecule has 13 aromatic carbocycles. The summed E-state index contributed by atoms with van der Waals surface area (Å²) in [5.74, 6) is 0. The molecule has 0 saturated heterocycles. The topological polar surface area (TPSA) is 3.24 Å². The predicted octanol–water partition coefficient (Wildman–Crippen LogP) is 16.5. The Morgan fingerprint density at radius 3 is 1.45 bits per heavy atom. The normalized spacial score (nSPS) is 13.4. The van der Waals surface area contributed by atoms with Gasteiger partial charge in [-0.1, -0.05) is 279 Å². The molecule has 0 amide bonds. The number of nitrogens with zero attached hydrogens (tertiary/aromatic N) is 1. The third-order valence-electron chi connectivity index (χ3n) is 16.8. The minimum atomic E-state index is -2.83. The van der Waals surface area contributed by atoms with E-state index >= 15 is 0 Å². The van der Waals surface area contributed by atoms with E-state index in [4.69, 9.17) is 0 Å². The van der Waals surface area contributed by atoms with Crippen LogP contribution in [0.4, 0.5) is 17.1 Å². The van der Waals surface area contributed by atoms with Gasteiger partial charge in [0.2, 0.25) is 0 Å². The molecule has 0 fully saturated rings. The lowest BCUT2D eigenvalue weighted by Gasteiger charge is -2.34. The van der Waals surface area contributed by atoms with Crippen LogP contribution in [0.15, 0.2) is 309 Å². The van der Waals surface area contributed by atoms with Crippen LogP contribution in [0, 0.1) is 0 Å². The minimum Gasteiger partial charge on any atom is -0.310 e. The Morgan fingerprint density at radius 1 is 0.299 bits per heavy atom. The van der Waals surface area contributed by atoms with Crippen molar-refractivity contribution in [3.8, 4) is 44.5 Å². The van der Waals surface area contributed by atoms with Gasteiger partial charge in [-0.05, 0) is 134 Å². The first-order chi connectivity index (χ1) is 38.2. The average molecular weight is 994 g/mol. The van der Waals surface area contributed by atoms with Crippen molar-refractivity contribution in [3.63, 3.8) is 0 Å². The summed E-state index contributed by atoms with van der Waals surface area (Å²) < 4.78 is 0. The Labute approximate surface area is 451 Å². The molecule has 360 valence electrons. The Kier molecular flexibility index (Phi) is 10.5. The molecule has 2 heteroatoms. The van der Waals surface area contributed by atoms with E-state index in [1.807, 2.05) is 0 Å². The zero-order valence-electron chi connectivity index (χ0n) is 42.4. The van der Waals surface area contributed by atoms with Gasteiger partial charge in [0.05, 0.1) is 11.1 Å². The molecule has 1 heterocycles. The summed E-state index contributed by atoms with van der Waals surface area (Å²) in [5.41, 5.74) is 17.8. The van der Waals surface area contributed by atoms with Crippen LogP contribution in [0.3, 0.4) is 0 Å². The highest BCUT2D eigenvalue weighted by Crippen LogP contribution is 2.59. The van der Waals surface area contributed by atoms with Gasteiger partial charge in [0.25, 0.3) is 0 Å². The second-order valence-corrected chi connectivity index (χ2v) is 24.3. The van der Waals surface area contributed by atoms with Crippen LogP contribution in [-0.4, -0.2) is 8.07 Å². The maximum atomic E-state index is 2.56. The van der Waals surface area contributed by atoms with Crippen molar-refractivity contribution in [2.45, 2.75) is 5.41 Å². The Hall–Kier alpha value is -9.60. The number of hydrogen-bond donors (Lipinski definition) is 0. The van der Waals surface area contributed by atoms with Crippen LogP contribution in [0.25, 0.3) is 66.1 Å². The quantitative estimate of drug-likeness (QED) is 0.130. The number of benzene rings is 13. The number of rotatable bonds is 9. The van der Waals surface area contributed by atoms with E-state index in [1.54, 1.807) is 0 Å². The molecule has 0 N–H and O–H groups in total. The molecular weight excluding hydrogens is 943 g/mol. The van der Waals surface area contributed by atoms with Gasteiger partial charge >= 0.3 is 0 Å². The highest BCUT2D eigenvalue weighted by Gasteiger charge is 2.50. The van der Waals surface area contributed by atoms with E-state index in [2.05, 4.69) is 314 Å². The van der Waals surface area contributed by atoms with Crippen molar-refractivity contribution in [3.05, 3.63) is 332 Å². The molecule has 1 aliphatic heterocycles. The molecule has 1 aliphatic carbocycles. The van der Waals surface area contributed by atoms with Crippen molar-refractivity contribution in [1.29, 1.82) is 0 Å². The highest BCUT2D eigenvalue weighted by atomic mass is 28.3. The fourth-order valence-electron chi connectivity index (χ4n) is 13.7. The van der Waals surface area contributed by atoms with Gasteiger partial charge in [0.1, 0.15) is 0 Å². The molecule has 0 aromatic heterocycles. The van der Waals surface area contributed by atoms with Crippen molar-refractivity contribution in [2.75, 3.05) is 4.90 Å². The van der Waals surface area contributed by atoms with Gasteiger partial charge in [0, 0.05) is 16.9 Å². The monoisotopic (exact) mass is 993 g/mol. The maximum Gasteiger partial charge on any atom is 0.180 e. The summed E-state index contributed by atoms with van der Waals surface area (Å²) in [6.45, 7) is 0. The lowest BCUT2D eigenvalue weighted by atomic mass is 9.68. The molecule has 1 nitrogen and oxygen atoms in total. The van der Waals surface area contributed by atoms with Crippen molar-refractivity contribution < 1.29 is 0 Å². The Morgan fingerprint density at radius 2 is 0.792 bits per heavy atom. The summed E-state index contributed by atoms with van der Waals surface area (Å²) in [6, 6.07) is 116. The fraction of sp³-hybridized carbons (Fsp3) is 0.0133. The molecular formula is C75H51NSi. The lowest BCUT2D eigenvalue weighted by molar-refractivity contribution is 0.768. The molecule has 0 atom stereocenters. The first-order valence-corrected chi connectivity index (χ1v) is 28.8. The molecule has 0 unspecified atom stereocenters. The third-order valence-corrected chi connectivity index (χ3v) is 21.7. The predicted molar refractivity (Wildman–Crippen MR) is 327 cm³/mol. The van der Waals surface area contributed by atoms with Crippen LogP contribution in [0.1, 0.15) is 22.3 Å². The fourth-order valence-corrected chi connectivity index (χ4v) is 18.9. The summed E-state index contributed by atoms with van der Waals surface area (Å²) in [5, 5.41) is 10.7. The van der Waals surface area contributed by atoms with Crippen molar-refractivity contribution in [2.24, 2.45) is 0 Å². The van der Waals surface area contributed by atoms with Gasteiger partial charge in [-0.25, -0.2) is 0 Å². The largest absolute Gasteiger partial charge is 0.310 e. The smallest absolute Gasteiger partial charge is 0.180 e. The van der Waals surface area contributed by atoms with Crippen molar-refractivity contribution >= 4 is 67.4 Å². The summed E-state index contributed by atoms with van der Waals surface area (Å²) in [4.78, 5) is 2.56. The van der Waals surface area contributed by atoms with Gasteiger partial charge < -0.3 is 4.90 Å². The lowest BCUT2D eigenvalue weighted by Crippen LogP contribution is -2.72. The van der Waals surface area contributed by atoms with E-state index in [-0.39, 0.29) is 0 Å². The Balaban J connectivity index is 1.01. The molecule has 15 rings (SSSR count). The molecule has 0 spiro atoms. The van der Waals surface area contributed by atoms with Crippen LogP contribution in [0.5, 0.6) is 0 Å². The minimum absolute atomic E-state index is 0.558. The van der Waals surface area contributed by atoms with Crippen LogP contribution >= 0.6 is 0 Å². The number of hydrogen-bond acceptors (Lipinski definition) is 1. The molecule has 2 aliphatic rings. The number of anilines is 3. The molecule has 0 bridgehead atoms. The summed E-state index contributed by atoms with van der Waals surface area (Å²) in [7, 11) is -2.83. The first kappa shape index (κ1) is 44.8. The molecule has 13 aromatic rings. The van der Waals surface area contributed by atoms with Gasteiger partial charge in [0.15, 0.2) is 8.07 Å². The van der Waals surface area contributed by atoms with Crippen molar-refractivity contribution in [1.82, 2.24) is 0 Å². The zero-order valence-corrected chi connectivity index (χ0v) is 43.4. The standard InChI is InChI=1S/C75H51NSi/c1-6-23-52(24-7-1)62-38-20-26-55-27-21-39-63(72(55)62)54-43-46-58(47-44-54)76(69-42-22-41-68-74(69)65-37-18-19-40-67(65)75(68,56-28-8-2-9-29-56)57-30-10-3-11-31-57)59-48-50-70-66(51-59)73-64-36-17-16-25-53(64)45-49-71(73)77(70,60-32-12-4-13-33-60)61-34-14-5-15-35-61/h1-51H. The summed E-state index contributed by atoms with van der Waals surface area (Å²) >= 11 is 0. The first-order valence-electron chi connectivity index (χ1n) is 26.8. The van der Waals surface area contributed by atoms with E-state index < -0.39 is 13.5 Å². The second kappa shape index (κ2) is 18.1. The highest BCUT2D eigenvalue weighted by molar-refractivity contribution is 7.22. The zero-order chi connectivity index (χ0) is 50.9. The molecule has 0 radical (unpaired) electrons.